The number of hydrogen-bond acceptors (Lipinski definition) is 4. The van der Waals surface area contributed by atoms with Crippen LogP contribution in [0.15, 0.2) is 47.6 Å². The highest BCUT2D eigenvalue weighted by atomic mass is 32.2. The maximum atomic E-state index is 13.0. The van der Waals surface area contributed by atoms with Gasteiger partial charge in [0, 0.05) is 24.1 Å². The number of anilines is 1. The standard InChI is InChI=1S/C22H22FN3O3S/c23-16-6-8-17(9-7-16)24-20(27)14-26-21(28)19(30-22(26)29)12-15-10-11-25(13-15)18-4-2-1-3-5-18/h6-13,18H,1-5,14H2,(H,24,27)/b19-12+. The largest absolute Gasteiger partial charge is 0.351 e. The van der Waals surface area contributed by atoms with Crippen LogP contribution in [0.4, 0.5) is 14.9 Å². The molecule has 2 aliphatic rings. The quantitative estimate of drug-likeness (QED) is 0.696. The fourth-order valence-electron chi connectivity index (χ4n) is 3.79. The van der Waals surface area contributed by atoms with E-state index in [0.29, 0.717) is 16.6 Å². The number of benzene rings is 1. The SMILES string of the molecule is O=C(CN1C(=O)S/C(=C/c2ccn(C3CCCCC3)c2)C1=O)Nc1ccc(F)cc1. The van der Waals surface area contributed by atoms with E-state index in [9.17, 15) is 18.8 Å². The lowest BCUT2D eigenvalue weighted by atomic mass is 9.95. The van der Waals surface area contributed by atoms with Gasteiger partial charge >= 0.3 is 0 Å². The maximum Gasteiger partial charge on any atom is 0.294 e. The smallest absolute Gasteiger partial charge is 0.294 e. The molecule has 1 aliphatic heterocycles. The molecule has 156 valence electrons. The van der Waals surface area contributed by atoms with Crippen LogP contribution in [0.3, 0.4) is 0 Å². The molecule has 8 heteroatoms. The minimum absolute atomic E-state index is 0.302. The number of amides is 3. The predicted octanol–water partition coefficient (Wildman–Crippen LogP) is 4.81. The summed E-state index contributed by atoms with van der Waals surface area (Å²) in [5.41, 5.74) is 1.26. The third-order valence-electron chi connectivity index (χ3n) is 5.33. The Bertz CT molecular complexity index is 993. The molecule has 2 fully saturated rings. The van der Waals surface area contributed by atoms with E-state index in [0.717, 1.165) is 35.1 Å². The van der Waals surface area contributed by atoms with Crippen LogP contribution in [-0.4, -0.2) is 33.1 Å². The number of hydrogen-bond donors (Lipinski definition) is 1. The summed E-state index contributed by atoms with van der Waals surface area (Å²) in [7, 11) is 0. The maximum absolute atomic E-state index is 13.0. The van der Waals surface area contributed by atoms with Gasteiger partial charge in [0.2, 0.25) is 5.91 Å². The van der Waals surface area contributed by atoms with Gasteiger partial charge in [0.05, 0.1) is 4.91 Å². The number of rotatable bonds is 5. The van der Waals surface area contributed by atoms with Crippen molar-refractivity contribution in [3.63, 3.8) is 0 Å². The number of halogens is 1. The zero-order chi connectivity index (χ0) is 21.1. The fourth-order valence-corrected chi connectivity index (χ4v) is 4.63. The summed E-state index contributed by atoms with van der Waals surface area (Å²) in [6.07, 6.45) is 11.8. The Morgan fingerprint density at radius 2 is 1.87 bits per heavy atom. The van der Waals surface area contributed by atoms with E-state index in [1.807, 2.05) is 18.5 Å². The first-order chi connectivity index (χ1) is 14.5. The van der Waals surface area contributed by atoms with Crippen molar-refractivity contribution < 1.29 is 18.8 Å². The molecule has 1 saturated carbocycles. The first-order valence-electron chi connectivity index (χ1n) is 9.98. The van der Waals surface area contributed by atoms with Crippen LogP contribution >= 0.6 is 11.8 Å². The molecule has 0 unspecified atom stereocenters. The van der Waals surface area contributed by atoms with Crippen LogP contribution in [0.2, 0.25) is 0 Å². The highest BCUT2D eigenvalue weighted by Crippen LogP contribution is 2.33. The molecule has 0 radical (unpaired) electrons. The van der Waals surface area contributed by atoms with Crippen LogP contribution in [0.25, 0.3) is 6.08 Å². The second-order valence-corrected chi connectivity index (χ2v) is 8.50. The molecule has 2 heterocycles. The summed E-state index contributed by atoms with van der Waals surface area (Å²) in [6.45, 7) is -0.386. The highest BCUT2D eigenvalue weighted by Gasteiger charge is 2.36. The average molecular weight is 428 g/mol. The molecule has 0 atom stereocenters. The lowest BCUT2D eigenvalue weighted by Crippen LogP contribution is -2.36. The Balaban J connectivity index is 1.40. The Hall–Kier alpha value is -2.87. The van der Waals surface area contributed by atoms with Crippen molar-refractivity contribution in [1.29, 1.82) is 0 Å². The second-order valence-electron chi connectivity index (χ2n) is 7.51. The number of nitrogens with zero attached hydrogens (tertiary/aromatic N) is 2. The van der Waals surface area contributed by atoms with Crippen molar-refractivity contribution in [3.8, 4) is 0 Å². The van der Waals surface area contributed by atoms with Crippen molar-refractivity contribution in [1.82, 2.24) is 9.47 Å². The minimum atomic E-state index is -0.520. The number of aromatic nitrogens is 1. The normalized spacial score (nSPS) is 19.0. The van der Waals surface area contributed by atoms with Crippen molar-refractivity contribution in [3.05, 3.63) is 59.0 Å². The molecule has 4 rings (SSSR count). The molecular weight excluding hydrogens is 405 g/mol. The Morgan fingerprint density at radius 3 is 2.60 bits per heavy atom. The van der Waals surface area contributed by atoms with E-state index < -0.39 is 22.9 Å². The van der Waals surface area contributed by atoms with Gasteiger partial charge in [0.1, 0.15) is 12.4 Å². The summed E-state index contributed by atoms with van der Waals surface area (Å²) in [5.74, 6) is -1.42. The number of imide groups is 1. The molecule has 3 amide bonds. The van der Waals surface area contributed by atoms with Gasteiger partial charge in [-0.1, -0.05) is 19.3 Å². The van der Waals surface area contributed by atoms with Gasteiger partial charge in [-0.3, -0.25) is 19.3 Å². The van der Waals surface area contributed by atoms with Gasteiger partial charge in [0.15, 0.2) is 0 Å². The molecule has 0 spiro atoms. The second kappa shape index (κ2) is 8.87. The molecule has 1 aliphatic carbocycles. The third-order valence-corrected chi connectivity index (χ3v) is 6.24. The molecular formula is C22H22FN3O3S. The summed E-state index contributed by atoms with van der Waals surface area (Å²) < 4.78 is 15.1. The minimum Gasteiger partial charge on any atom is -0.351 e. The number of thioether (sulfide) groups is 1. The van der Waals surface area contributed by atoms with Crippen LogP contribution in [0.1, 0.15) is 43.7 Å². The van der Waals surface area contributed by atoms with E-state index in [4.69, 9.17) is 0 Å². The molecule has 1 N–H and O–H groups in total. The van der Waals surface area contributed by atoms with Crippen molar-refractivity contribution in [2.24, 2.45) is 0 Å². The zero-order valence-electron chi connectivity index (χ0n) is 16.3. The highest BCUT2D eigenvalue weighted by molar-refractivity contribution is 8.18. The van der Waals surface area contributed by atoms with E-state index in [1.54, 1.807) is 6.08 Å². The number of carbonyl (C=O) groups is 3. The summed E-state index contributed by atoms with van der Waals surface area (Å²) in [6, 6.07) is 7.70. The van der Waals surface area contributed by atoms with Gasteiger partial charge in [-0.2, -0.15) is 0 Å². The predicted molar refractivity (Wildman–Crippen MR) is 114 cm³/mol. The first kappa shape index (κ1) is 20.4. The van der Waals surface area contributed by atoms with Gasteiger partial charge in [-0.15, -0.1) is 0 Å². The Kier molecular flexibility index (Phi) is 6.03. The van der Waals surface area contributed by atoms with Gasteiger partial charge in [-0.25, -0.2) is 4.39 Å². The van der Waals surface area contributed by atoms with Crippen LogP contribution in [-0.2, 0) is 9.59 Å². The molecule has 2 aromatic rings. The zero-order valence-corrected chi connectivity index (χ0v) is 17.2. The summed E-state index contributed by atoms with van der Waals surface area (Å²) in [5, 5.41) is 2.08. The number of nitrogens with one attached hydrogen (secondary N) is 1. The van der Waals surface area contributed by atoms with Crippen LogP contribution in [0, 0.1) is 5.82 Å². The van der Waals surface area contributed by atoms with Crippen LogP contribution < -0.4 is 5.32 Å². The molecule has 0 bridgehead atoms. The van der Waals surface area contributed by atoms with Crippen LogP contribution in [0.5, 0.6) is 0 Å². The topological polar surface area (TPSA) is 71.4 Å². The van der Waals surface area contributed by atoms with Gasteiger partial charge < -0.3 is 9.88 Å². The molecule has 6 nitrogen and oxygen atoms in total. The summed E-state index contributed by atoms with van der Waals surface area (Å²) >= 11 is 0.831. The van der Waals surface area contributed by atoms with E-state index >= 15 is 0 Å². The lowest BCUT2D eigenvalue weighted by molar-refractivity contribution is -0.127. The van der Waals surface area contributed by atoms with E-state index in [-0.39, 0.29) is 6.54 Å². The van der Waals surface area contributed by atoms with Crippen molar-refractivity contribution >= 4 is 40.6 Å². The van der Waals surface area contributed by atoms with Crippen molar-refractivity contribution in [2.75, 3.05) is 11.9 Å². The Labute approximate surface area is 178 Å². The van der Waals surface area contributed by atoms with E-state index in [2.05, 4.69) is 9.88 Å². The third kappa shape index (κ3) is 4.64. The molecule has 1 aromatic carbocycles. The Morgan fingerprint density at radius 1 is 1.13 bits per heavy atom. The fraction of sp³-hybridized carbons (Fsp3) is 0.318. The first-order valence-corrected chi connectivity index (χ1v) is 10.8. The summed E-state index contributed by atoms with van der Waals surface area (Å²) in [4.78, 5) is 38.3. The molecule has 1 aromatic heterocycles. The van der Waals surface area contributed by atoms with Gasteiger partial charge in [0.25, 0.3) is 11.1 Å². The van der Waals surface area contributed by atoms with Crippen molar-refractivity contribution in [2.45, 2.75) is 38.1 Å². The molecule has 1 saturated heterocycles. The molecule has 30 heavy (non-hydrogen) atoms. The average Bonchev–Trinajstić information content (AvgIpc) is 3.31. The van der Waals surface area contributed by atoms with Gasteiger partial charge in [-0.05, 0) is 66.6 Å². The lowest BCUT2D eigenvalue weighted by Gasteiger charge is -2.23. The number of carbonyl (C=O) groups excluding carboxylic acids is 3. The monoisotopic (exact) mass is 427 g/mol. The van der Waals surface area contributed by atoms with E-state index in [1.165, 1.54) is 43.5 Å².